The van der Waals surface area contributed by atoms with Gasteiger partial charge in [-0.1, -0.05) is 30.3 Å². The summed E-state index contributed by atoms with van der Waals surface area (Å²) < 4.78 is 5.45. The Bertz CT molecular complexity index is 1120. The molecule has 1 aliphatic rings. The summed E-state index contributed by atoms with van der Waals surface area (Å²) in [6.07, 6.45) is 3.04. The molecule has 0 spiro atoms. The van der Waals surface area contributed by atoms with Gasteiger partial charge in [-0.25, -0.2) is 9.97 Å². The minimum absolute atomic E-state index is 0.755. The van der Waals surface area contributed by atoms with Gasteiger partial charge in [-0.15, -0.1) is 0 Å². The van der Waals surface area contributed by atoms with Gasteiger partial charge in [0.05, 0.1) is 25.3 Å². The van der Waals surface area contributed by atoms with E-state index in [0.29, 0.717) is 0 Å². The van der Waals surface area contributed by atoms with Gasteiger partial charge in [-0.2, -0.15) is 0 Å². The van der Waals surface area contributed by atoms with Crippen LogP contribution in [0.25, 0.3) is 21.8 Å². The molecular formula is C23H25N5O. The summed E-state index contributed by atoms with van der Waals surface area (Å²) in [5.74, 6) is 1.78. The maximum Gasteiger partial charge on any atom is 0.145 e. The van der Waals surface area contributed by atoms with Crippen LogP contribution >= 0.6 is 0 Å². The van der Waals surface area contributed by atoms with Crippen molar-refractivity contribution in [3.8, 4) is 0 Å². The van der Waals surface area contributed by atoms with Gasteiger partial charge in [0, 0.05) is 42.1 Å². The zero-order chi connectivity index (χ0) is 19.5. The van der Waals surface area contributed by atoms with E-state index in [4.69, 9.17) is 14.7 Å². The number of hydrogen-bond donors (Lipinski definition) is 2. The van der Waals surface area contributed by atoms with Crippen LogP contribution in [0, 0.1) is 0 Å². The summed E-state index contributed by atoms with van der Waals surface area (Å²) in [5.41, 5.74) is 3.49. The van der Waals surface area contributed by atoms with Gasteiger partial charge in [-0.3, -0.25) is 4.90 Å². The number of para-hydroxylation sites is 2. The highest BCUT2D eigenvalue weighted by atomic mass is 16.5. The summed E-state index contributed by atoms with van der Waals surface area (Å²) in [4.78, 5) is 15.4. The smallest absolute Gasteiger partial charge is 0.145 e. The Morgan fingerprint density at radius 1 is 0.966 bits per heavy atom. The Hall–Kier alpha value is -2.96. The van der Waals surface area contributed by atoms with Crippen LogP contribution in [0.1, 0.15) is 11.4 Å². The molecule has 148 valence electrons. The average Bonchev–Trinajstić information content (AvgIpc) is 3.18. The lowest BCUT2D eigenvalue weighted by molar-refractivity contribution is 0.0331. The Balaban J connectivity index is 1.35. The molecule has 2 aromatic heterocycles. The molecule has 0 saturated carbocycles. The second-order valence-electron chi connectivity index (χ2n) is 7.43. The summed E-state index contributed by atoms with van der Waals surface area (Å²) in [6.45, 7) is 5.00. The number of rotatable bonds is 6. The molecule has 29 heavy (non-hydrogen) atoms. The lowest BCUT2D eigenvalue weighted by atomic mass is 10.1. The Kier molecular flexibility index (Phi) is 5.11. The van der Waals surface area contributed by atoms with Crippen LogP contribution in [0.5, 0.6) is 0 Å². The summed E-state index contributed by atoms with van der Waals surface area (Å²) in [5, 5.41) is 5.91. The van der Waals surface area contributed by atoms with Crippen molar-refractivity contribution < 1.29 is 4.74 Å². The van der Waals surface area contributed by atoms with Gasteiger partial charge in [0.25, 0.3) is 0 Å². The van der Waals surface area contributed by atoms with Crippen molar-refractivity contribution in [1.29, 1.82) is 0 Å². The maximum atomic E-state index is 5.45. The Morgan fingerprint density at radius 3 is 2.66 bits per heavy atom. The van der Waals surface area contributed by atoms with Crippen LogP contribution in [-0.2, 0) is 17.7 Å². The number of fused-ring (bicyclic) bond motifs is 2. The number of aromatic amines is 1. The highest BCUT2D eigenvalue weighted by Crippen LogP contribution is 2.22. The number of benzene rings is 2. The number of aromatic nitrogens is 3. The number of ether oxygens (including phenoxy) is 1. The second-order valence-corrected chi connectivity index (χ2v) is 7.43. The zero-order valence-electron chi connectivity index (χ0n) is 16.4. The van der Waals surface area contributed by atoms with Crippen LogP contribution < -0.4 is 5.32 Å². The van der Waals surface area contributed by atoms with Crippen molar-refractivity contribution in [1.82, 2.24) is 19.9 Å². The predicted octanol–water partition coefficient (Wildman–Crippen LogP) is 3.60. The Labute approximate surface area is 169 Å². The molecule has 1 fully saturated rings. The van der Waals surface area contributed by atoms with Crippen molar-refractivity contribution in [3.05, 3.63) is 66.1 Å². The van der Waals surface area contributed by atoms with Gasteiger partial charge in [-0.05, 0) is 30.2 Å². The summed E-state index contributed by atoms with van der Waals surface area (Å²) >= 11 is 0. The van der Waals surface area contributed by atoms with E-state index in [1.807, 2.05) is 12.1 Å². The van der Waals surface area contributed by atoms with Gasteiger partial charge in [0.1, 0.15) is 11.6 Å². The molecule has 3 heterocycles. The molecule has 0 unspecified atom stereocenters. The number of H-pyrrole nitrogens is 1. The highest BCUT2D eigenvalue weighted by molar-refractivity contribution is 5.89. The van der Waals surface area contributed by atoms with E-state index in [1.54, 1.807) is 0 Å². The molecule has 4 aromatic rings. The van der Waals surface area contributed by atoms with Gasteiger partial charge in [0.2, 0.25) is 0 Å². The van der Waals surface area contributed by atoms with E-state index in [1.165, 1.54) is 16.5 Å². The topological polar surface area (TPSA) is 66.1 Å². The molecule has 6 heteroatoms. The number of morpholine rings is 1. The Morgan fingerprint density at radius 2 is 1.76 bits per heavy atom. The average molecular weight is 387 g/mol. The molecular weight excluding hydrogens is 362 g/mol. The van der Waals surface area contributed by atoms with Crippen LogP contribution in [0.3, 0.4) is 0 Å². The van der Waals surface area contributed by atoms with Gasteiger partial charge < -0.3 is 15.0 Å². The lowest BCUT2D eigenvalue weighted by Gasteiger charge is -2.26. The molecule has 0 radical (unpaired) electrons. The highest BCUT2D eigenvalue weighted by Gasteiger charge is 2.14. The molecule has 5 rings (SSSR count). The fraction of sp³-hybridized carbons (Fsp3) is 0.304. The third kappa shape index (κ3) is 3.95. The van der Waals surface area contributed by atoms with E-state index >= 15 is 0 Å². The summed E-state index contributed by atoms with van der Waals surface area (Å²) in [6, 6.07) is 16.6. The first-order valence-corrected chi connectivity index (χ1v) is 10.2. The molecule has 1 saturated heterocycles. The maximum absolute atomic E-state index is 5.45. The fourth-order valence-corrected chi connectivity index (χ4v) is 3.94. The van der Waals surface area contributed by atoms with Crippen molar-refractivity contribution in [2.75, 3.05) is 38.2 Å². The first-order valence-electron chi connectivity index (χ1n) is 10.2. The number of hydrogen-bond acceptors (Lipinski definition) is 5. The molecule has 0 amide bonds. The first kappa shape index (κ1) is 18.1. The SMILES string of the molecule is c1ccc2c(NCCc3c[nH]c4ccccc34)nc(CN3CCOCC3)nc2c1. The van der Waals surface area contributed by atoms with E-state index in [9.17, 15) is 0 Å². The molecule has 2 aromatic carbocycles. The van der Waals surface area contributed by atoms with E-state index in [0.717, 1.165) is 68.4 Å². The zero-order valence-corrected chi connectivity index (χ0v) is 16.4. The summed E-state index contributed by atoms with van der Waals surface area (Å²) in [7, 11) is 0. The van der Waals surface area contributed by atoms with Crippen LogP contribution in [-0.4, -0.2) is 52.7 Å². The van der Waals surface area contributed by atoms with E-state index in [-0.39, 0.29) is 0 Å². The third-order valence-electron chi connectivity index (χ3n) is 5.48. The fourth-order valence-electron chi connectivity index (χ4n) is 3.94. The van der Waals surface area contributed by atoms with Crippen molar-refractivity contribution in [3.63, 3.8) is 0 Å². The van der Waals surface area contributed by atoms with Gasteiger partial charge >= 0.3 is 0 Å². The van der Waals surface area contributed by atoms with E-state index in [2.05, 4.69) is 57.8 Å². The predicted molar refractivity (Wildman–Crippen MR) is 116 cm³/mol. The van der Waals surface area contributed by atoms with Crippen LogP contribution in [0.15, 0.2) is 54.7 Å². The largest absolute Gasteiger partial charge is 0.379 e. The van der Waals surface area contributed by atoms with E-state index < -0.39 is 0 Å². The standard InChI is InChI=1S/C23H25N5O/c1-3-7-20-18(5-1)17(15-25-20)9-10-24-23-19-6-2-4-8-21(19)26-22(27-23)16-28-11-13-29-14-12-28/h1-8,15,25H,9-14,16H2,(H,24,26,27). The minimum atomic E-state index is 0.755. The normalized spacial score (nSPS) is 15.2. The number of anilines is 1. The molecule has 0 atom stereocenters. The molecule has 1 aliphatic heterocycles. The lowest BCUT2D eigenvalue weighted by Crippen LogP contribution is -2.36. The van der Waals surface area contributed by atoms with Crippen molar-refractivity contribution in [2.45, 2.75) is 13.0 Å². The molecule has 0 bridgehead atoms. The third-order valence-corrected chi connectivity index (χ3v) is 5.48. The first-order chi connectivity index (χ1) is 14.4. The quantitative estimate of drug-likeness (QED) is 0.529. The van der Waals surface area contributed by atoms with Crippen molar-refractivity contribution >= 4 is 27.6 Å². The van der Waals surface area contributed by atoms with Crippen LogP contribution in [0.2, 0.25) is 0 Å². The minimum Gasteiger partial charge on any atom is -0.379 e. The second kappa shape index (κ2) is 8.19. The monoisotopic (exact) mass is 387 g/mol. The molecule has 0 aliphatic carbocycles. The van der Waals surface area contributed by atoms with Gasteiger partial charge in [0.15, 0.2) is 0 Å². The molecule has 2 N–H and O–H groups in total. The van der Waals surface area contributed by atoms with Crippen LogP contribution in [0.4, 0.5) is 5.82 Å². The van der Waals surface area contributed by atoms with Crippen molar-refractivity contribution in [2.24, 2.45) is 0 Å². The molecule has 6 nitrogen and oxygen atoms in total. The number of nitrogens with zero attached hydrogens (tertiary/aromatic N) is 3. The number of nitrogens with one attached hydrogen (secondary N) is 2.